The van der Waals surface area contributed by atoms with Gasteiger partial charge in [-0.25, -0.2) is 4.79 Å². The van der Waals surface area contributed by atoms with Crippen molar-refractivity contribution in [2.75, 3.05) is 5.32 Å². The highest BCUT2D eigenvalue weighted by Crippen LogP contribution is 2.25. The van der Waals surface area contributed by atoms with Crippen LogP contribution in [0.25, 0.3) is 0 Å². The van der Waals surface area contributed by atoms with E-state index >= 15 is 0 Å². The fourth-order valence-corrected chi connectivity index (χ4v) is 1.61. The zero-order valence-corrected chi connectivity index (χ0v) is 12.1. The van der Waals surface area contributed by atoms with Crippen molar-refractivity contribution in [1.29, 1.82) is 0 Å². The van der Waals surface area contributed by atoms with Gasteiger partial charge in [-0.2, -0.15) is 0 Å². The molecule has 1 rings (SSSR count). The summed E-state index contributed by atoms with van der Waals surface area (Å²) < 4.78 is 0. The second-order valence-electron chi connectivity index (χ2n) is 5.46. The third kappa shape index (κ3) is 3.34. The third-order valence-corrected chi connectivity index (χ3v) is 3.65. The van der Waals surface area contributed by atoms with Gasteiger partial charge >= 0.3 is 5.97 Å². The van der Waals surface area contributed by atoms with Crippen LogP contribution in [0.4, 0.5) is 5.69 Å². The molecule has 19 heavy (non-hydrogen) atoms. The van der Waals surface area contributed by atoms with Crippen molar-refractivity contribution in [1.82, 2.24) is 0 Å². The van der Waals surface area contributed by atoms with E-state index < -0.39 is 11.4 Å². The van der Waals surface area contributed by atoms with E-state index in [1.165, 1.54) is 6.07 Å². The standard InChI is InChI=1S/C15H21NO3/c1-6-15(4,5)14(19)16-11-7-9(2)10(3)12(8-11)13(17)18/h7-8H,6H2,1-5H3,(H,16,19)(H,17,18). The molecular weight excluding hydrogens is 242 g/mol. The molecule has 104 valence electrons. The van der Waals surface area contributed by atoms with E-state index in [0.29, 0.717) is 5.69 Å². The summed E-state index contributed by atoms with van der Waals surface area (Å²) in [5, 5.41) is 11.9. The molecule has 2 N–H and O–H groups in total. The minimum atomic E-state index is -0.980. The number of carboxylic acids is 1. The summed E-state index contributed by atoms with van der Waals surface area (Å²) in [7, 11) is 0. The quantitative estimate of drug-likeness (QED) is 0.875. The maximum atomic E-state index is 12.1. The van der Waals surface area contributed by atoms with Crippen LogP contribution >= 0.6 is 0 Å². The molecule has 0 bridgehead atoms. The lowest BCUT2D eigenvalue weighted by Gasteiger charge is -2.22. The average Bonchev–Trinajstić information content (AvgIpc) is 2.32. The van der Waals surface area contributed by atoms with Crippen LogP contribution in [0.2, 0.25) is 0 Å². The van der Waals surface area contributed by atoms with Crippen molar-refractivity contribution in [2.45, 2.75) is 41.0 Å². The molecule has 0 aliphatic carbocycles. The fourth-order valence-electron chi connectivity index (χ4n) is 1.61. The summed E-state index contributed by atoms with van der Waals surface area (Å²) in [5.74, 6) is -1.08. The van der Waals surface area contributed by atoms with E-state index in [0.717, 1.165) is 17.5 Å². The van der Waals surface area contributed by atoms with Gasteiger partial charge < -0.3 is 10.4 Å². The summed E-state index contributed by atoms with van der Waals surface area (Å²) in [6.45, 7) is 9.27. The van der Waals surface area contributed by atoms with Crippen LogP contribution in [-0.2, 0) is 4.79 Å². The Hall–Kier alpha value is -1.84. The lowest BCUT2D eigenvalue weighted by atomic mass is 9.89. The number of carbonyl (C=O) groups is 2. The van der Waals surface area contributed by atoms with Gasteiger partial charge in [0.1, 0.15) is 0 Å². The number of aromatic carboxylic acids is 1. The molecule has 0 spiro atoms. The maximum Gasteiger partial charge on any atom is 0.336 e. The van der Waals surface area contributed by atoms with E-state index in [4.69, 9.17) is 5.11 Å². The topological polar surface area (TPSA) is 66.4 Å². The normalized spacial score (nSPS) is 11.2. The molecule has 4 heteroatoms. The van der Waals surface area contributed by atoms with Gasteiger partial charge in [0.25, 0.3) is 0 Å². The van der Waals surface area contributed by atoms with Gasteiger partial charge in [0.2, 0.25) is 5.91 Å². The van der Waals surface area contributed by atoms with Gasteiger partial charge in [-0.1, -0.05) is 20.8 Å². The second kappa shape index (κ2) is 5.43. The number of amides is 1. The predicted octanol–water partition coefficient (Wildman–Crippen LogP) is 3.38. The highest BCUT2D eigenvalue weighted by Gasteiger charge is 2.25. The highest BCUT2D eigenvalue weighted by molar-refractivity contribution is 5.97. The fraction of sp³-hybridized carbons (Fsp3) is 0.467. The molecule has 0 saturated carbocycles. The molecule has 0 unspecified atom stereocenters. The molecule has 1 aromatic rings. The average molecular weight is 263 g/mol. The summed E-state index contributed by atoms with van der Waals surface area (Å²) in [5.41, 5.74) is 1.86. The Labute approximate surface area is 113 Å². The summed E-state index contributed by atoms with van der Waals surface area (Å²) in [6, 6.07) is 3.31. The van der Waals surface area contributed by atoms with Crippen LogP contribution in [-0.4, -0.2) is 17.0 Å². The zero-order valence-electron chi connectivity index (χ0n) is 12.1. The van der Waals surface area contributed by atoms with Gasteiger partial charge in [0.15, 0.2) is 0 Å². The van der Waals surface area contributed by atoms with Gasteiger partial charge in [-0.3, -0.25) is 4.79 Å². The molecule has 4 nitrogen and oxygen atoms in total. The molecule has 0 atom stereocenters. The number of anilines is 1. The van der Waals surface area contributed by atoms with Crippen LogP contribution in [0.1, 0.15) is 48.7 Å². The maximum absolute atomic E-state index is 12.1. The first-order valence-electron chi connectivity index (χ1n) is 6.35. The molecule has 1 amide bonds. The van der Waals surface area contributed by atoms with E-state index in [9.17, 15) is 9.59 Å². The Morgan fingerprint density at radius 2 is 1.84 bits per heavy atom. The highest BCUT2D eigenvalue weighted by atomic mass is 16.4. The molecule has 0 fully saturated rings. The minimum Gasteiger partial charge on any atom is -0.478 e. The second-order valence-corrected chi connectivity index (χ2v) is 5.46. The zero-order chi connectivity index (χ0) is 14.8. The number of hydrogen-bond donors (Lipinski definition) is 2. The molecule has 0 aliphatic rings. The third-order valence-electron chi connectivity index (χ3n) is 3.65. The van der Waals surface area contributed by atoms with Crippen LogP contribution in [0.5, 0.6) is 0 Å². The predicted molar refractivity (Wildman–Crippen MR) is 75.6 cm³/mol. The lowest BCUT2D eigenvalue weighted by Crippen LogP contribution is -2.30. The monoisotopic (exact) mass is 263 g/mol. The molecular formula is C15H21NO3. The molecule has 0 aliphatic heterocycles. The van der Waals surface area contributed by atoms with E-state index in [2.05, 4.69) is 5.32 Å². The lowest BCUT2D eigenvalue weighted by molar-refractivity contribution is -0.124. The van der Waals surface area contributed by atoms with Crippen LogP contribution in [0, 0.1) is 19.3 Å². The minimum absolute atomic E-state index is 0.102. The van der Waals surface area contributed by atoms with Crippen molar-refractivity contribution in [2.24, 2.45) is 5.41 Å². The van der Waals surface area contributed by atoms with Gasteiger partial charge in [-0.15, -0.1) is 0 Å². The van der Waals surface area contributed by atoms with Crippen molar-refractivity contribution < 1.29 is 14.7 Å². The van der Waals surface area contributed by atoms with E-state index in [-0.39, 0.29) is 11.5 Å². The van der Waals surface area contributed by atoms with Crippen molar-refractivity contribution >= 4 is 17.6 Å². The van der Waals surface area contributed by atoms with Gasteiger partial charge in [-0.05, 0) is 43.5 Å². The van der Waals surface area contributed by atoms with Gasteiger partial charge in [0.05, 0.1) is 5.56 Å². The SMILES string of the molecule is CCC(C)(C)C(=O)Nc1cc(C)c(C)c(C(=O)O)c1. The number of carboxylic acid groups (broad SMARTS) is 1. The Morgan fingerprint density at radius 1 is 1.26 bits per heavy atom. The Balaban J connectivity index is 3.10. The molecule has 0 saturated heterocycles. The van der Waals surface area contributed by atoms with Crippen molar-refractivity contribution in [3.8, 4) is 0 Å². The summed E-state index contributed by atoms with van der Waals surface area (Å²) in [6.07, 6.45) is 0.718. The molecule has 0 radical (unpaired) electrons. The number of hydrogen-bond acceptors (Lipinski definition) is 2. The van der Waals surface area contributed by atoms with Crippen LogP contribution in [0.3, 0.4) is 0 Å². The Kier molecular flexibility index (Phi) is 4.35. The first-order valence-corrected chi connectivity index (χ1v) is 6.35. The van der Waals surface area contributed by atoms with Gasteiger partial charge in [0, 0.05) is 11.1 Å². The van der Waals surface area contributed by atoms with Crippen molar-refractivity contribution in [3.63, 3.8) is 0 Å². The summed E-state index contributed by atoms with van der Waals surface area (Å²) in [4.78, 5) is 23.2. The first-order chi connectivity index (χ1) is 8.69. The van der Waals surface area contributed by atoms with Crippen molar-refractivity contribution in [3.05, 3.63) is 28.8 Å². The Morgan fingerprint density at radius 3 is 2.32 bits per heavy atom. The van der Waals surface area contributed by atoms with Crippen LogP contribution in [0.15, 0.2) is 12.1 Å². The largest absolute Gasteiger partial charge is 0.478 e. The Bertz CT molecular complexity index is 518. The van der Waals surface area contributed by atoms with E-state index in [1.807, 2.05) is 27.7 Å². The molecule has 0 heterocycles. The van der Waals surface area contributed by atoms with Crippen LogP contribution < -0.4 is 5.32 Å². The molecule has 0 aromatic heterocycles. The first kappa shape index (κ1) is 15.2. The number of aryl methyl sites for hydroxylation is 1. The smallest absolute Gasteiger partial charge is 0.336 e. The number of rotatable bonds is 4. The summed E-state index contributed by atoms with van der Waals surface area (Å²) >= 11 is 0. The number of benzene rings is 1. The number of nitrogens with one attached hydrogen (secondary N) is 1. The molecule has 1 aromatic carbocycles. The number of carbonyl (C=O) groups excluding carboxylic acids is 1. The van der Waals surface area contributed by atoms with E-state index in [1.54, 1.807) is 13.0 Å².